The number of methoxy groups -OCH3 is 1. The van der Waals surface area contributed by atoms with Gasteiger partial charge in [0, 0.05) is 6.54 Å². The molecule has 5 nitrogen and oxygen atoms in total. The summed E-state index contributed by atoms with van der Waals surface area (Å²) in [5.41, 5.74) is 0. The van der Waals surface area contributed by atoms with Gasteiger partial charge in [-0.1, -0.05) is 0 Å². The van der Waals surface area contributed by atoms with Crippen molar-refractivity contribution in [3.05, 3.63) is 24.3 Å². The molecule has 0 aliphatic carbocycles. The molecule has 1 N–H and O–H groups in total. The van der Waals surface area contributed by atoms with Crippen LogP contribution in [-0.4, -0.2) is 48.3 Å². The maximum Gasteiger partial charge on any atom is 0.263 e. The van der Waals surface area contributed by atoms with Crippen LogP contribution in [0.2, 0.25) is 0 Å². The SMILES string of the molecule is COc1ccc(OC(C)C(=O)N2CCC[C@H]2CO)cc1. The van der Waals surface area contributed by atoms with Crippen molar-refractivity contribution < 1.29 is 19.4 Å². The van der Waals surface area contributed by atoms with E-state index < -0.39 is 6.10 Å². The number of benzene rings is 1. The average molecular weight is 279 g/mol. The van der Waals surface area contributed by atoms with Gasteiger partial charge in [0.15, 0.2) is 6.10 Å². The van der Waals surface area contributed by atoms with Crippen LogP contribution in [0.3, 0.4) is 0 Å². The molecule has 1 aliphatic heterocycles. The molecule has 1 aromatic rings. The Morgan fingerprint density at radius 2 is 2.05 bits per heavy atom. The first-order valence-electron chi connectivity index (χ1n) is 6.87. The third-order valence-corrected chi connectivity index (χ3v) is 3.59. The zero-order chi connectivity index (χ0) is 14.5. The Morgan fingerprint density at radius 3 is 2.65 bits per heavy atom. The zero-order valence-corrected chi connectivity index (χ0v) is 11.9. The van der Waals surface area contributed by atoms with Crippen molar-refractivity contribution in [2.24, 2.45) is 0 Å². The molecule has 5 heteroatoms. The Morgan fingerprint density at radius 1 is 1.40 bits per heavy atom. The van der Waals surface area contributed by atoms with Gasteiger partial charge in [-0.3, -0.25) is 4.79 Å². The van der Waals surface area contributed by atoms with E-state index in [4.69, 9.17) is 9.47 Å². The molecule has 1 unspecified atom stereocenters. The summed E-state index contributed by atoms with van der Waals surface area (Å²) in [6.07, 6.45) is 1.24. The predicted molar refractivity (Wildman–Crippen MR) is 74.9 cm³/mol. The van der Waals surface area contributed by atoms with E-state index in [0.717, 1.165) is 18.6 Å². The molecule has 1 saturated heterocycles. The molecule has 1 fully saturated rings. The number of amides is 1. The second-order valence-corrected chi connectivity index (χ2v) is 4.95. The minimum Gasteiger partial charge on any atom is -0.497 e. The fraction of sp³-hybridized carbons (Fsp3) is 0.533. The molecule has 2 atom stereocenters. The van der Waals surface area contributed by atoms with Gasteiger partial charge in [-0.05, 0) is 44.0 Å². The van der Waals surface area contributed by atoms with E-state index in [1.807, 2.05) is 0 Å². The number of nitrogens with zero attached hydrogens (tertiary/aromatic N) is 1. The number of aliphatic hydroxyl groups excluding tert-OH is 1. The number of carbonyl (C=O) groups excluding carboxylic acids is 1. The van der Waals surface area contributed by atoms with Gasteiger partial charge >= 0.3 is 0 Å². The molecule has 1 amide bonds. The molecule has 0 aromatic heterocycles. The van der Waals surface area contributed by atoms with E-state index in [9.17, 15) is 9.90 Å². The maximum absolute atomic E-state index is 12.3. The molecule has 1 heterocycles. The number of aliphatic hydroxyl groups is 1. The summed E-state index contributed by atoms with van der Waals surface area (Å²) in [4.78, 5) is 14.0. The lowest BCUT2D eigenvalue weighted by Crippen LogP contribution is -2.44. The standard InChI is InChI=1S/C15H21NO4/c1-11(15(18)16-9-3-4-12(16)10-17)20-14-7-5-13(19-2)6-8-14/h5-8,11-12,17H,3-4,9-10H2,1-2H3/t11?,12-/m0/s1. The number of ether oxygens (including phenoxy) is 2. The Kier molecular flexibility index (Phi) is 4.84. The van der Waals surface area contributed by atoms with E-state index in [2.05, 4.69) is 0 Å². The lowest BCUT2D eigenvalue weighted by atomic mass is 10.2. The Labute approximate surface area is 119 Å². The molecule has 0 spiro atoms. The fourth-order valence-electron chi connectivity index (χ4n) is 2.46. The van der Waals surface area contributed by atoms with Gasteiger partial charge in [-0.25, -0.2) is 0 Å². The smallest absolute Gasteiger partial charge is 0.263 e. The van der Waals surface area contributed by atoms with E-state index in [1.54, 1.807) is 43.2 Å². The van der Waals surface area contributed by atoms with Gasteiger partial charge in [0.25, 0.3) is 5.91 Å². The van der Waals surface area contributed by atoms with E-state index >= 15 is 0 Å². The first-order valence-corrected chi connectivity index (χ1v) is 6.87. The summed E-state index contributed by atoms with van der Waals surface area (Å²) in [5, 5.41) is 9.27. The molecule has 0 saturated carbocycles. The Hall–Kier alpha value is -1.75. The molecule has 20 heavy (non-hydrogen) atoms. The number of hydrogen-bond acceptors (Lipinski definition) is 4. The van der Waals surface area contributed by atoms with Crippen molar-refractivity contribution in [2.45, 2.75) is 31.9 Å². The number of hydrogen-bond donors (Lipinski definition) is 1. The van der Waals surface area contributed by atoms with Crippen LogP contribution in [0.1, 0.15) is 19.8 Å². The van der Waals surface area contributed by atoms with Gasteiger partial charge in [0.1, 0.15) is 11.5 Å². The molecule has 1 aromatic carbocycles. The van der Waals surface area contributed by atoms with Crippen molar-refractivity contribution in [1.82, 2.24) is 4.90 Å². The third-order valence-electron chi connectivity index (χ3n) is 3.59. The summed E-state index contributed by atoms with van der Waals surface area (Å²) < 4.78 is 10.7. The summed E-state index contributed by atoms with van der Waals surface area (Å²) in [5.74, 6) is 1.31. The minimum atomic E-state index is -0.560. The van der Waals surface area contributed by atoms with Crippen molar-refractivity contribution in [3.8, 4) is 11.5 Å². The lowest BCUT2D eigenvalue weighted by molar-refractivity contribution is -0.139. The maximum atomic E-state index is 12.3. The third kappa shape index (κ3) is 3.22. The molecule has 1 aliphatic rings. The minimum absolute atomic E-state index is 0.0149. The number of rotatable bonds is 5. The van der Waals surface area contributed by atoms with Crippen molar-refractivity contribution in [1.29, 1.82) is 0 Å². The molecular weight excluding hydrogens is 258 g/mol. The number of carbonyl (C=O) groups is 1. The Bertz CT molecular complexity index is 446. The molecule has 0 bridgehead atoms. The highest BCUT2D eigenvalue weighted by molar-refractivity contribution is 5.81. The highest BCUT2D eigenvalue weighted by atomic mass is 16.5. The fourth-order valence-corrected chi connectivity index (χ4v) is 2.46. The normalized spacial score (nSPS) is 19.8. The predicted octanol–water partition coefficient (Wildman–Crippen LogP) is 1.45. The molecule has 0 radical (unpaired) electrons. The highest BCUT2D eigenvalue weighted by Gasteiger charge is 2.31. The van der Waals surface area contributed by atoms with Crippen LogP contribution in [0.15, 0.2) is 24.3 Å². The van der Waals surface area contributed by atoms with E-state index in [-0.39, 0.29) is 18.6 Å². The van der Waals surface area contributed by atoms with Crippen molar-refractivity contribution in [3.63, 3.8) is 0 Å². The topological polar surface area (TPSA) is 59.0 Å². The van der Waals surface area contributed by atoms with Crippen LogP contribution in [-0.2, 0) is 4.79 Å². The summed E-state index contributed by atoms with van der Waals surface area (Å²) in [6.45, 7) is 2.45. The largest absolute Gasteiger partial charge is 0.497 e. The summed E-state index contributed by atoms with van der Waals surface area (Å²) >= 11 is 0. The van der Waals surface area contributed by atoms with Gasteiger partial charge in [0.05, 0.1) is 19.8 Å². The van der Waals surface area contributed by atoms with Gasteiger partial charge in [0.2, 0.25) is 0 Å². The molecule has 110 valence electrons. The second-order valence-electron chi connectivity index (χ2n) is 4.95. The second kappa shape index (κ2) is 6.61. The van der Waals surface area contributed by atoms with E-state index in [0.29, 0.717) is 12.3 Å². The zero-order valence-electron chi connectivity index (χ0n) is 11.9. The van der Waals surface area contributed by atoms with Crippen LogP contribution in [0.25, 0.3) is 0 Å². The van der Waals surface area contributed by atoms with Crippen molar-refractivity contribution >= 4 is 5.91 Å². The molecule has 2 rings (SSSR count). The molecular formula is C15H21NO4. The first kappa shape index (κ1) is 14.7. The van der Waals surface area contributed by atoms with Crippen LogP contribution in [0, 0.1) is 0 Å². The summed E-state index contributed by atoms with van der Waals surface area (Å²) in [6, 6.07) is 7.06. The Balaban J connectivity index is 1.96. The van der Waals surface area contributed by atoms with Crippen LogP contribution >= 0.6 is 0 Å². The van der Waals surface area contributed by atoms with E-state index in [1.165, 1.54) is 0 Å². The first-order chi connectivity index (χ1) is 9.65. The van der Waals surface area contributed by atoms with Crippen LogP contribution in [0.5, 0.6) is 11.5 Å². The van der Waals surface area contributed by atoms with Crippen molar-refractivity contribution in [2.75, 3.05) is 20.3 Å². The van der Waals surface area contributed by atoms with Gasteiger partial charge < -0.3 is 19.5 Å². The van der Waals surface area contributed by atoms with Crippen LogP contribution < -0.4 is 9.47 Å². The monoisotopic (exact) mass is 279 g/mol. The quantitative estimate of drug-likeness (QED) is 0.886. The highest BCUT2D eigenvalue weighted by Crippen LogP contribution is 2.21. The average Bonchev–Trinajstić information content (AvgIpc) is 2.95. The number of likely N-dealkylation sites (tertiary alicyclic amines) is 1. The van der Waals surface area contributed by atoms with Gasteiger partial charge in [-0.15, -0.1) is 0 Å². The summed E-state index contributed by atoms with van der Waals surface area (Å²) in [7, 11) is 1.60. The van der Waals surface area contributed by atoms with Gasteiger partial charge in [-0.2, -0.15) is 0 Å². The lowest BCUT2D eigenvalue weighted by Gasteiger charge is -2.26. The van der Waals surface area contributed by atoms with Crippen LogP contribution in [0.4, 0.5) is 0 Å².